The number of aliphatic hydroxyl groups is 3. The minimum absolute atomic E-state index is 0.189. The Morgan fingerprint density at radius 3 is 2.00 bits per heavy atom. The first-order chi connectivity index (χ1) is 6.02. The van der Waals surface area contributed by atoms with Crippen LogP contribution in [0.15, 0.2) is 35.5 Å². The average molecular weight is 186 g/mol. The van der Waals surface area contributed by atoms with Crippen molar-refractivity contribution in [1.82, 2.24) is 0 Å². The van der Waals surface area contributed by atoms with Crippen LogP contribution in [0, 0.1) is 0 Å². The van der Waals surface area contributed by atoms with Crippen molar-refractivity contribution in [3.05, 3.63) is 35.5 Å². The van der Waals surface area contributed by atoms with E-state index in [0.29, 0.717) is 0 Å². The zero-order valence-corrected chi connectivity index (χ0v) is 6.93. The molecule has 0 rings (SSSR count). The number of allylic oxidation sites excluding steroid dienone is 1. The second-order valence-corrected chi connectivity index (χ2v) is 2.09. The molecule has 0 heterocycles. The fourth-order valence-corrected chi connectivity index (χ4v) is 0.556. The molecule has 0 aromatic heterocycles. The van der Waals surface area contributed by atoms with Gasteiger partial charge in [0, 0.05) is 0 Å². The first-order valence-corrected chi connectivity index (χ1v) is 3.37. The number of carbonyl (C=O) groups is 1. The van der Waals surface area contributed by atoms with Crippen LogP contribution < -0.4 is 0 Å². The second-order valence-electron chi connectivity index (χ2n) is 2.09. The summed E-state index contributed by atoms with van der Waals surface area (Å²) in [7, 11) is 0. The molecular formula is C8H10O5. The zero-order valence-electron chi connectivity index (χ0n) is 6.93. The SMILES string of the molecule is C\C=C(/C=C(O)\C(O)=C\O)C(=O)O. The normalized spacial score (nSPS) is 14.4. The summed E-state index contributed by atoms with van der Waals surface area (Å²) in [6, 6.07) is 0. The Hall–Kier alpha value is -1.91. The van der Waals surface area contributed by atoms with E-state index in [-0.39, 0.29) is 11.8 Å². The van der Waals surface area contributed by atoms with Crippen molar-refractivity contribution >= 4 is 5.97 Å². The standard InChI is InChI=1S/C8H10O5/c1-2-5(8(12)13)3-6(10)7(11)4-9/h2-4,9-11H,1H3,(H,12,13)/b5-2+,6-3+,7-4-. The van der Waals surface area contributed by atoms with Gasteiger partial charge in [0.15, 0.2) is 11.5 Å². The predicted octanol–water partition coefficient (Wildman–Crippen LogP) is 1.42. The Labute approximate surface area is 74.6 Å². The van der Waals surface area contributed by atoms with E-state index in [4.69, 9.17) is 20.4 Å². The summed E-state index contributed by atoms with van der Waals surface area (Å²) < 4.78 is 0. The minimum Gasteiger partial charge on any atom is -0.512 e. The van der Waals surface area contributed by atoms with Crippen LogP contribution in [0.25, 0.3) is 0 Å². The quantitative estimate of drug-likeness (QED) is 0.303. The highest BCUT2D eigenvalue weighted by Crippen LogP contribution is 2.06. The lowest BCUT2D eigenvalue weighted by Crippen LogP contribution is -1.99. The average Bonchev–Trinajstić information content (AvgIpc) is 2.11. The summed E-state index contributed by atoms with van der Waals surface area (Å²) in [5.41, 5.74) is -0.189. The summed E-state index contributed by atoms with van der Waals surface area (Å²) in [6.07, 6.45) is 2.33. The molecule has 5 heteroatoms. The lowest BCUT2D eigenvalue weighted by atomic mass is 10.2. The second kappa shape index (κ2) is 4.87. The van der Waals surface area contributed by atoms with Crippen LogP contribution in [-0.4, -0.2) is 26.4 Å². The molecule has 0 spiro atoms. The van der Waals surface area contributed by atoms with Crippen LogP contribution >= 0.6 is 0 Å². The van der Waals surface area contributed by atoms with Gasteiger partial charge in [-0.1, -0.05) is 6.08 Å². The van der Waals surface area contributed by atoms with Crippen LogP contribution in [0.2, 0.25) is 0 Å². The lowest BCUT2D eigenvalue weighted by Gasteiger charge is -1.97. The van der Waals surface area contributed by atoms with Crippen molar-refractivity contribution in [3.8, 4) is 0 Å². The highest BCUT2D eigenvalue weighted by molar-refractivity contribution is 5.89. The van der Waals surface area contributed by atoms with E-state index in [1.54, 1.807) is 0 Å². The topological polar surface area (TPSA) is 98.0 Å². The highest BCUT2D eigenvalue weighted by atomic mass is 16.4. The maximum atomic E-state index is 10.4. The van der Waals surface area contributed by atoms with Crippen molar-refractivity contribution in [2.75, 3.05) is 0 Å². The van der Waals surface area contributed by atoms with Gasteiger partial charge in [-0.05, 0) is 13.0 Å². The van der Waals surface area contributed by atoms with Gasteiger partial charge < -0.3 is 20.4 Å². The van der Waals surface area contributed by atoms with Gasteiger partial charge in [-0.15, -0.1) is 0 Å². The Bertz CT molecular complexity index is 285. The molecule has 0 aliphatic heterocycles. The van der Waals surface area contributed by atoms with Crippen LogP contribution in [0.3, 0.4) is 0 Å². The van der Waals surface area contributed by atoms with E-state index >= 15 is 0 Å². The number of hydrogen-bond acceptors (Lipinski definition) is 4. The fraction of sp³-hybridized carbons (Fsp3) is 0.125. The molecule has 0 radical (unpaired) electrons. The lowest BCUT2D eigenvalue weighted by molar-refractivity contribution is -0.132. The van der Waals surface area contributed by atoms with Gasteiger partial charge in [-0.3, -0.25) is 0 Å². The maximum absolute atomic E-state index is 10.4. The molecule has 0 aromatic carbocycles. The molecule has 0 aromatic rings. The highest BCUT2D eigenvalue weighted by Gasteiger charge is 2.06. The van der Waals surface area contributed by atoms with Gasteiger partial charge in [0.1, 0.15) is 6.26 Å². The van der Waals surface area contributed by atoms with Gasteiger partial charge in [0.25, 0.3) is 0 Å². The van der Waals surface area contributed by atoms with Crippen molar-refractivity contribution in [1.29, 1.82) is 0 Å². The Kier molecular flexibility index (Phi) is 4.15. The van der Waals surface area contributed by atoms with E-state index in [1.807, 2.05) is 0 Å². The monoisotopic (exact) mass is 186 g/mol. The molecule has 0 aliphatic carbocycles. The van der Waals surface area contributed by atoms with E-state index in [1.165, 1.54) is 13.0 Å². The third-order valence-electron chi connectivity index (χ3n) is 1.23. The van der Waals surface area contributed by atoms with Crippen molar-refractivity contribution in [3.63, 3.8) is 0 Å². The molecule has 0 saturated heterocycles. The summed E-state index contributed by atoms with van der Waals surface area (Å²) in [5.74, 6) is -2.74. The fourth-order valence-electron chi connectivity index (χ4n) is 0.556. The molecule has 0 amide bonds. The number of rotatable bonds is 3. The molecule has 5 nitrogen and oxygen atoms in total. The number of aliphatic carboxylic acids is 1. The molecule has 0 saturated carbocycles. The minimum atomic E-state index is -1.24. The number of hydrogen-bond donors (Lipinski definition) is 4. The first-order valence-electron chi connectivity index (χ1n) is 3.37. The number of aliphatic hydroxyl groups excluding tert-OH is 3. The van der Waals surface area contributed by atoms with Gasteiger partial charge in [0.2, 0.25) is 0 Å². The third-order valence-corrected chi connectivity index (χ3v) is 1.23. The summed E-state index contributed by atoms with van der Waals surface area (Å²) in [5, 5.41) is 34.4. The largest absolute Gasteiger partial charge is 0.512 e. The van der Waals surface area contributed by atoms with Crippen molar-refractivity contribution in [2.24, 2.45) is 0 Å². The van der Waals surface area contributed by atoms with Gasteiger partial charge >= 0.3 is 5.97 Å². The van der Waals surface area contributed by atoms with E-state index in [2.05, 4.69) is 0 Å². The Morgan fingerprint density at radius 1 is 1.15 bits per heavy atom. The predicted molar refractivity (Wildman–Crippen MR) is 45.4 cm³/mol. The smallest absolute Gasteiger partial charge is 0.335 e. The Balaban J connectivity index is 4.84. The molecule has 4 N–H and O–H groups in total. The molecule has 0 atom stereocenters. The van der Waals surface area contributed by atoms with E-state index < -0.39 is 17.5 Å². The van der Waals surface area contributed by atoms with Crippen molar-refractivity contribution in [2.45, 2.75) is 6.92 Å². The number of carboxylic acids is 1. The molecule has 0 unspecified atom stereocenters. The summed E-state index contributed by atoms with van der Waals surface area (Å²) >= 11 is 0. The van der Waals surface area contributed by atoms with Crippen LogP contribution in [-0.2, 0) is 4.79 Å². The molecular weight excluding hydrogens is 176 g/mol. The molecule has 13 heavy (non-hydrogen) atoms. The molecule has 0 bridgehead atoms. The molecule has 72 valence electrons. The van der Waals surface area contributed by atoms with Gasteiger partial charge in [-0.25, -0.2) is 4.79 Å². The maximum Gasteiger partial charge on any atom is 0.335 e. The van der Waals surface area contributed by atoms with E-state index in [9.17, 15) is 4.79 Å². The first kappa shape index (κ1) is 11.1. The van der Waals surface area contributed by atoms with E-state index in [0.717, 1.165) is 6.08 Å². The number of carboxylic acid groups (broad SMARTS) is 1. The molecule has 0 aliphatic rings. The van der Waals surface area contributed by atoms with Gasteiger partial charge in [0.05, 0.1) is 5.57 Å². The summed E-state index contributed by atoms with van der Waals surface area (Å²) in [4.78, 5) is 10.4. The van der Waals surface area contributed by atoms with Crippen LogP contribution in [0.4, 0.5) is 0 Å². The Morgan fingerprint density at radius 2 is 1.69 bits per heavy atom. The molecule has 0 fully saturated rings. The zero-order chi connectivity index (χ0) is 10.4. The van der Waals surface area contributed by atoms with Gasteiger partial charge in [-0.2, -0.15) is 0 Å². The van der Waals surface area contributed by atoms with Crippen molar-refractivity contribution < 1.29 is 25.2 Å². The van der Waals surface area contributed by atoms with Crippen LogP contribution in [0.5, 0.6) is 0 Å². The van der Waals surface area contributed by atoms with Crippen LogP contribution in [0.1, 0.15) is 6.92 Å². The summed E-state index contributed by atoms with van der Waals surface area (Å²) in [6.45, 7) is 1.47. The third kappa shape index (κ3) is 3.33.